The van der Waals surface area contributed by atoms with Crippen LogP contribution >= 0.6 is 0 Å². The van der Waals surface area contributed by atoms with Gasteiger partial charge in [-0.15, -0.1) is 9.90 Å². The van der Waals surface area contributed by atoms with Gasteiger partial charge in [-0.1, -0.05) is 5.10 Å². The van der Waals surface area contributed by atoms with Crippen molar-refractivity contribution in [2.24, 2.45) is 0 Å². The summed E-state index contributed by atoms with van der Waals surface area (Å²) in [5.41, 5.74) is 0.296. The van der Waals surface area contributed by atoms with Crippen LogP contribution in [0.3, 0.4) is 0 Å². The molecule has 0 N–H and O–H groups in total. The molecule has 0 saturated heterocycles. The highest BCUT2D eigenvalue weighted by Crippen LogP contribution is 2.14. The average molecular weight is 269 g/mol. The summed E-state index contributed by atoms with van der Waals surface area (Å²) in [6.45, 7) is 0. The first-order chi connectivity index (χ1) is 8.38. The summed E-state index contributed by atoms with van der Waals surface area (Å²) in [5.74, 6) is 0. The van der Waals surface area contributed by atoms with Gasteiger partial charge in [0, 0.05) is 18.4 Å². The Bertz CT molecular complexity index is 691. The fourth-order valence-electron chi connectivity index (χ4n) is 1.17. The summed E-state index contributed by atoms with van der Waals surface area (Å²) in [7, 11) is -3.53. The van der Waals surface area contributed by atoms with Crippen molar-refractivity contribution < 1.29 is 13.3 Å². The molecule has 0 spiro atoms. The molecule has 10 heteroatoms. The lowest BCUT2D eigenvalue weighted by molar-refractivity contribution is -0.384. The molecule has 18 heavy (non-hydrogen) atoms. The van der Waals surface area contributed by atoms with Crippen LogP contribution < -0.4 is 0 Å². The van der Waals surface area contributed by atoms with Crippen molar-refractivity contribution in [3.63, 3.8) is 0 Å². The zero-order chi connectivity index (χ0) is 13.3. The summed E-state index contributed by atoms with van der Waals surface area (Å²) in [4.78, 5) is 10.9. The van der Waals surface area contributed by atoms with E-state index in [0.29, 0.717) is 5.69 Å². The van der Waals surface area contributed by atoms with Crippen LogP contribution in [0.4, 0.5) is 5.69 Å². The largest absolute Gasteiger partial charge is 0.288 e. The average Bonchev–Trinajstić information content (AvgIpc) is 2.78. The SMILES string of the molecule is CS(=O)(=O)c1nnn(-c2ccc([N+](=O)[O-])cc2)n1. The van der Waals surface area contributed by atoms with Crippen molar-refractivity contribution in [3.8, 4) is 5.69 Å². The third-order valence-corrected chi connectivity index (χ3v) is 2.84. The minimum atomic E-state index is -3.53. The molecule has 2 aromatic rings. The van der Waals surface area contributed by atoms with E-state index < -0.39 is 19.9 Å². The van der Waals surface area contributed by atoms with E-state index in [2.05, 4.69) is 15.4 Å². The number of aromatic nitrogens is 4. The number of tetrazole rings is 1. The van der Waals surface area contributed by atoms with Crippen LogP contribution in [0.25, 0.3) is 5.69 Å². The van der Waals surface area contributed by atoms with Crippen LogP contribution in [0.1, 0.15) is 0 Å². The fourth-order valence-corrected chi connectivity index (χ4v) is 1.58. The molecule has 0 aliphatic carbocycles. The smallest absolute Gasteiger partial charge is 0.258 e. The molecule has 1 heterocycles. The van der Waals surface area contributed by atoms with Gasteiger partial charge >= 0.3 is 0 Å². The summed E-state index contributed by atoms with van der Waals surface area (Å²) in [5, 5.41) is 20.7. The van der Waals surface area contributed by atoms with Crippen LogP contribution in [0.15, 0.2) is 29.4 Å². The van der Waals surface area contributed by atoms with Gasteiger partial charge < -0.3 is 0 Å². The molecule has 0 unspecified atom stereocenters. The zero-order valence-electron chi connectivity index (χ0n) is 9.09. The molecule has 0 fully saturated rings. The first-order valence-corrected chi connectivity index (χ1v) is 6.52. The molecule has 9 nitrogen and oxygen atoms in total. The van der Waals surface area contributed by atoms with Gasteiger partial charge in [0.15, 0.2) is 0 Å². The molecule has 1 aromatic carbocycles. The Balaban J connectivity index is 2.38. The van der Waals surface area contributed by atoms with Crippen molar-refractivity contribution in [1.29, 1.82) is 0 Å². The number of nitrogens with zero attached hydrogens (tertiary/aromatic N) is 5. The molecule has 1 aromatic heterocycles. The van der Waals surface area contributed by atoms with E-state index in [9.17, 15) is 18.5 Å². The van der Waals surface area contributed by atoms with Crippen LogP contribution in [0, 0.1) is 10.1 Å². The third kappa shape index (κ3) is 2.32. The van der Waals surface area contributed by atoms with Crippen molar-refractivity contribution in [1.82, 2.24) is 20.2 Å². The van der Waals surface area contributed by atoms with Crippen LogP contribution in [-0.4, -0.2) is 39.8 Å². The van der Waals surface area contributed by atoms with Crippen LogP contribution in [0.2, 0.25) is 0 Å². The first kappa shape index (κ1) is 12.1. The van der Waals surface area contributed by atoms with Crippen molar-refractivity contribution in [2.75, 3.05) is 6.26 Å². The maximum Gasteiger partial charge on any atom is 0.288 e. The van der Waals surface area contributed by atoms with E-state index >= 15 is 0 Å². The maximum atomic E-state index is 11.2. The van der Waals surface area contributed by atoms with Gasteiger partial charge in [0.1, 0.15) is 0 Å². The van der Waals surface area contributed by atoms with E-state index in [1.54, 1.807) is 0 Å². The Morgan fingerprint density at radius 1 is 1.28 bits per heavy atom. The molecule has 0 bridgehead atoms. The Morgan fingerprint density at radius 3 is 2.33 bits per heavy atom. The molecular formula is C8H7N5O4S. The Labute approximate surface area is 101 Å². The minimum Gasteiger partial charge on any atom is -0.258 e. The monoisotopic (exact) mass is 269 g/mol. The lowest BCUT2D eigenvalue weighted by atomic mass is 10.3. The number of nitro groups is 1. The molecule has 0 aliphatic rings. The van der Waals surface area contributed by atoms with Gasteiger partial charge in [0.2, 0.25) is 9.84 Å². The lowest BCUT2D eigenvalue weighted by Crippen LogP contribution is -2.02. The Kier molecular flexibility index (Phi) is 2.79. The number of hydrogen-bond donors (Lipinski definition) is 0. The second-order valence-corrected chi connectivity index (χ2v) is 5.32. The van der Waals surface area contributed by atoms with Crippen LogP contribution in [-0.2, 0) is 9.84 Å². The van der Waals surface area contributed by atoms with Crippen molar-refractivity contribution >= 4 is 15.5 Å². The second kappa shape index (κ2) is 4.14. The van der Waals surface area contributed by atoms with Gasteiger partial charge in [-0.2, -0.15) is 0 Å². The molecule has 0 radical (unpaired) electrons. The highest BCUT2D eigenvalue weighted by molar-refractivity contribution is 7.90. The number of non-ortho nitro benzene ring substituents is 1. The number of rotatable bonds is 3. The predicted octanol–water partition coefficient (Wildman–Crippen LogP) is -0.0260. The van der Waals surface area contributed by atoms with Gasteiger partial charge in [0.05, 0.1) is 10.6 Å². The Morgan fingerprint density at radius 2 is 1.89 bits per heavy atom. The quantitative estimate of drug-likeness (QED) is 0.566. The van der Waals surface area contributed by atoms with Crippen molar-refractivity contribution in [3.05, 3.63) is 34.4 Å². The van der Waals surface area contributed by atoms with E-state index in [0.717, 1.165) is 11.1 Å². The standard InChI is InChI=1S/C8H7N5O4S/c1-18(16,17)8-9-11-12(10-8)6-2-4-7(5-3-6)13(14)15/h2-5H,1H3. The fraction of sp³-hybridized carbons (Fsp3) is 0.125. The second-order valence-electron chi connectivity index (χ2n) is 3.41. The zero-order valence-corrected chi connectivity index (χ0v) is 9.90. The molecule has 0 amide bonds. The van der Waals surface area contributed by atoms with Crippen LogP contribution in [0.5, 0.6) is 0 Å². The number of nitro benzene ring substituents is 1. The highest BCUT2D eigenvalue weighted by Gasteiger charge is 2.15. The number of sulfone groups is 1. The summed E-state index contributed by atoms with van der Waals surface area (Å²) in [6.07, 6.45) is 0.962. The van der Waals surface area contributed by atoms with Gasteiger partial charge in [-0.3, -0.25) is 10.1 Å². The predicted molar refractivity (Wildman–Crippen MR) is 58.9 cm³/mol. The topological polar surface area (TPSA) is 121 Å². The summed E-state index contributed by atoms with van der Waals surface area (Å²) < 4.78 is 22.3. The van der Waals surface area contributed by atoms with Crippen molar-refractivity contribution in [2.45, 2.75) is 5.16 Å². The van der Waals surface area contributed by atoms with E-state index in [1.165, 1.54) is 24.3 Å². The normalized spacial score (nSPS) is 11.4. The van der Waals surface area contributed by atoms with E-state index in [-0.39, 0.29) is 5.69 Å². The molecule has 94 valence electrons. The molecule has 0 saturated carbocycles. The number of hydrogen-bond acceptors (Lipinski definition) is 7. The Hall–Kier alpha value is -2.36. The van der Waals surface area contributed by atoms with Gasteiger partial charge in [-0.25, -0.2) is 8.42 Å². The molecular weight excluding hydrogens is 262 g/mol. The molecule has 0 atom stereocenters. The highest BCUT2D eigenvalue weighted by atomic mass is 32.2. The van der Waals surface area contributed by atoms with E-state index in [4.69, 9.17) is 0 Å². The summed E-state index contributed by atoms with van der Waals surface area (Å²) in [6, 6.07) is 5.31. The van der Waals surface area contributed by atoms with Gasteiger partial charge in [0.25, 0.3) is 10.8 Å². The third-order valence-electron chi connectivity index (χ3n) is 2.02. The molecule has 0 aliphatic heterocycles. The summed E-state index contributed by atoms with van der Waals surface area (Å²) >= 11 is 0. The van der Waals surface area contributed by atoms with Gasteiger partial charge in [-0.05, 0) is 17.3 Å². The minimum absolute atomic E-state index is 0.0813. The van der Waals surface area contributed by atoms with E-state index in [1.807, 2.05) is 0 Å². The maximum absolute atomic E-state index is 11.2. The molecule has 2 rings (SSSR count). The first-order valence-electron chi connectivity index (χ1n) is 4.63. The number of benzene rings is 1. The lowest BCUT2D eigenvalue weighted by Gasteiger charge is -1.96.